The molecule has 96 valence electrons. The summed E-state index contributed by atoms with van der Waals surface area (Å²) in [6.07, 6.45) is 9.32. The number of phenolic OH excluding ortho intramolecular Hbond substituents is 1. The van der Waals surface area contributed by atoms with Crippen LogP contribution in [0, 0.1) is 0 Å². The fourth-order valence-corrected chi connectivity index (χ4v) is 2.35. The maximum atomic E-state index is 9.77. The summed E-state index contributed by atoms with van der Waals surface area (Å²) in [4.78, 5) is 4.25. The third-order valence-corrected chi connectivity index (χ3v) is 3.39. The topological polar surface area (TPSA) is 33.1 Å². The number of para-hydroxylation sites is 1. The number of aromatic hydroxyl groups is 1. The van der Waals surface area contributed by atoms with Crippen molar-refractivity contribution in [2.75, 3.05) is 0 Å². The third-order valence-electron chi connectivity index (χ3n) is 3.39. The van der Waals surface area contributed by atoms with Crippen molar-refractivity contribution < 1.29 is 5.11 Å². The Morgan fingerprint density at radius 2 is 1.89 bits per heavy atom. The van der Waals surface area contributed by atoms with Crippen LogP contribution in [-0.4, -0.2) is 10.1 Å². The first kappa shape index (κ1) is 12.9. The predicted molar refractivity (Wildman–Crippen MR) is 75.9 cm³/mol. The standard InChI is InChI=1S/C16H21NO/c1-2-3-4-5-6-8-13-11-12-17-16-14(13)9-7-10-15(16)18/h7,9-12,18H,2-6,8H2,1H3. The molecule has 0 radical (unpaired) electrons. The van der Waals surface area contributed by atoms with Crippen LogP contribution in [0.15, 0.2) is 30.5 Å². The number of nitrogens with zero attached hydrogens (tertiary/aromatic N) is 1. The predicted octanol–water partition coefficient (Wildman–Crippen LogP) is 4.45. The van der Waals surface area contributed by atoms with Crippen LogP contribution >= 0.6 is 0 Å². The minimum atomic E-state index is 0.278. The lowest BCUT2D eigenvalue weighted by Crippen LogP contribution is -1.90. The summed E-state index contributed by atoms with van der Waals surface area (Å²) in [5.41, 5.74) is 2.02. The van der Waals surface area contributed by atoms with E-state index < -0.39 is 0 Å². The Labute approximate surface area is 109 Å². The van der Waals surface area contributed by atoms with Gasteiger partial charge in [0.15, 0.2) is 0 Å². The summed E-state index contributed by atoms with van der Waals surface area (Å²) >= 11 is 0. The average molecular weight is 243 g/mol. The summed E-state index contributed by atoms with van der Waals surface area (Å²) in [5, 5.41) is 10.9. The molecular weight excluding hydrogens is 222 g/mol. The molecule has 0 aliphatic heterocycles. The van der Waals surface area contributed by atoms with Gasteiger partial charge in [-0.2, -0.15) is 0 Å². The van der Waals surface area contributed by atoms with Gasteiger partial charge in [0.2, 0.25) is 0 Å². The zero-order valence-electron chi connectivity index (χ0n) is 11.0. The molecule has 18 heavy (non-hydrogen) atoms. The lowest BCUT2D eigenvalue weighted by atomic mass is 10.0. The van der Waals surface area contributed by atoms with Gasteiger partial charge in [0.25, 0.3) is 0 Å². The summed E-state index contributed by atoms with van der Waals surface area (Å²) in [6, 6.07) is 7.70. The molecular formula is C16H21NO. The molecule has 0 fully saturated rings. The van der Waals surface area contributed by atoms with Gasteiger partial charge in [-0.25, -0.2) is 0 Å². The highest BCUT2D eigenvalue weighted by Gasteiger charge is 2.04. The molecule has 0 aliphatic rings. The van der Waals surface area contributed by atoms with E-state index in [1.54, 1.807) is 12.3 Å². The van der Waals surface area contributed by atoms with Crippen molar-refractivity contribution >= 4 is 10.9 Å². The van der Waals surface area contributed by atoms with Crippen molar-refractivity contribution in [3.05, 3.63) is 36.0 Å². The molecule has 0 atom stereocenters. The molecule has 1 heterocycles. The number of aryl methyl sites for hydroxylation is 1. The van der Waals surface area contributed by atoms with Crippen molar-refractivity contribution in [3.8, 4) is 5.75 Å². The number of aromatic nitrogens is 1. The number of pyridine rings is 1. The Hall–Kier alpha value is -1.57. The number of phenols is 1. The van der Waals surface area contributed by atoms with E-state index in [-0.39, 0.29) is 5.75 Å². The van der Waals surface area contributed by atoms with E-state index >= 15 is 0 Å². The maximum Gasteiger partial charge on any atom is 0.141 e. The molecule has 0 saturated carbocycles. The number of hydrogen-bond donors (Lipinski definition) is 1. The van der Waals surface area contributed by atoms with Gasteiger partial charge in [-0.3, -0.25) is 4.98 Å². The molecule has 2 rings (SSSR count). The summed E-state index contributed by atoms with van der Waals surface area (Å²) in [5.74, 6) is 0.278. The Bertz CT molecular complexity index is 507. The minimum Gasteiger partial charge on any atom is -0.506 e. The fourth-order valence-electron chi connectivity index (χ4n) is 2.35. The van der Waals surface area contributed by atoms with Gasteiger partial charge in [-0.15, -0.1) is 0 Å². The molecule has 0 unspecified atom stereocenters. The van der Waals surface area contributed by atoms with Crippen molar-refractivity contribution in [2.24, 2.45) is 0 Å². The van der Waals surface area contributed by atoms with Gasteiger partial charge in [0.05, 0.1) is 0 Å². The van der Waals surface area contributed by atoms with Crippen molar-refractivity contribution in [3.63, 3.8) is 0 Å². The van der Waals surface area contributed by atoms with Crippen molar-refractivity contribution in [1.29, 1.82) is 0 Å². The van der Waals surface area contributed by atoms with E-state index in [0.717, 1.165) is 17.3 Å². The number of benzene rings is 1. The van der Waals surface area contributed by atoms with E-state index in [1.807, 2.05) is 12.1 Å². The summed E-state index contributed by atoms with van der Waals surface area (Å²) in [7, 11) is 0. The van der Waals surface area contributed by atoms with Crippen LogP contribution < -0.4 is 0 Å². The Morgan fingerprint density at radius 1 is 1.06 bits per heavy atom. The first-order chi connectivity index (χ1) is 8.83. The summed E-state index contributed by atoms with van der Waals surface area (Å²) in [6.45, 7) is 2.24. The molecule has 0 bridgehead atoms. The third kappa shape index (κ3) is 3.00. The largest absolute Gasteiger partial charge is 0.506 e. The van der Waals surface area contributed by atoms with Crippen LogP contribution in [0.5, 0.6) is 5.75 Å². The molecule has 0 amide bonds. The molecule has 1 aromatic heterocycles. The number of rotatable bonds is 6. The second-order valence-electron chi connectivity index (χ2n) is 4.81. The lowest BCUT2D eigenvalue weighted by molar-refractivity contribution is 0.480. The van der Waals surface area contributed by atoms with Crippen LogP contribution in [0.25, 0.3) is 10.9 Å². The Kier molecular flexibility index (Phi) is 4.57. The van der Waals surface area contributed by atoms with Crippen molar-refractivity contribution in [1.82, 2.24) is 4.98 Å². The molecule has 2 heteroatoms. The zero-order chi connectivity index (χ0) is 12.8. The molecule has 0 aliphatic carbocycles. The zero-order valence-corrected chi connectivity index (χ0v) is 11.0. The molecule has 1 N–H and O–H groups in total. The van der Waals surface area contributed by atoms with Crippen LogP contribution in [0.2, 0.25) is 0 Å². The van der Waals surface area contributed by atoms with Gasteiger partial charge in [-0.05, 0) is 30.5 Å². The molecule has 0 saturated heterocycles. The van der Waals surface area contributed by atoms with Gasteiger partial charge in [0.1, 0.15) is 11.3 Å². The van der Waals surface area contributed by atoms with Crippen LogP contribution in [0.1, 0.15) is 44.6 Å². The van der Waals surface area contributed by atoms with E-state index in [9.17, 15) is 5.11 Å². The highest BCUT2D eigenvalue weighted by atomic mass is 16.3. The van der Waals surface area contributed by atoms with E-state index in [4.69, 9.17) is 0 Å². The Morgan fingerprint density at radius 3 is 2.72 bits per heavy atom. The second kappa shape index (κ2) is 6.39. The maximum absolute atomic E-state index is 9.77. The number of fused-ring (bicyclic) bond motifs is 1. The molecule has 0 spiro atoms. The first-order valence-electron chi connectivity index (χ1n) is 6.88. The SMILES string of the molecule is CCCCCCCc1ccnc2c(O)cccc12. The van der Waals surface area contributed by atoms with Gasteiger partial charge >= 0.3 is 0 Å². The minimum absolute atomic E-state index is 0.278. The number of hydrogen-bond acceptors (Lipinski definition) is 2. The lowest BCUT2D eigenvalue weighted by Gasteiger charge is -2.06. The Balaban J connectivity index is 2.07. The summed E-state index contributed by atoms with van der Waals surface area (Å²) < 4.78 is 0. The van der Waals surface area contributed by atoms with E-state index in [2.05, 4.69) is 18.0 Å². The average Bonchev–Trinajstić information content (AvgIpc) is 2.39. The smallest absolute Gasteiger partial charge is 0.141 e. The van der Waals surface area contributed by atoms with Crippen LogP contribution in [0.4, 0.5) is 0 Å². The number of unbranched alkanes of at least 4 members (excludes halogenated alkanes) is 4. The molecule has 2 nitrogen and oxygen atoms in total. The van der Waals surface area contributed by atoms with Gasteiger partial charge < -0.3 is 5.11 Å². The first-order valence-corrected chi connectivity index (χ1v) is 6.88. The second-order valence-corrected chi connectivity index (χ2v) is 4.81. The van der Waals surface area contributed by atoms with Crippen molar-refractivity contribution in [2.45, 2.75) is 45.4 Å². The van der Waals surface area contributed by atoms with E-state index in [1.165, 1.54) is 37.7 Å². The van der Waals surface area contributed by atoms with Gasteiger partial charge in [0, 0.05) is 11.6 Å². The fraction of sp³-hybridized carbons (Fsp3) is 0.438. The highest BCUT2D eigenvalue weighted by molar-refractivity contribution is 5.86. The highest BCUT2D eigenvalue weighted by Crippen LogP contribution is 2.25. The monoisotopic (exact) mass is 243 g/mol. The molecule has 2 aromatic rings. The van der Waals surface area contributed by atoms with E-state index in [0.29, 0.717) is 0 Å². The van der Waals surface area contributed by atoms with Crippen LogP contribution in [-0.2, 0) is 6.42 Å². The normalized spacial score (nSPS) is 10.9. The van der Waals surface area contributed by atoms with Crippen LogP contribution in [0.3, 0.4) is 0 Å². The van der Waals surface area contributed by atoms with Gasteiger partial charge in [-0.1, -0.05) is 44.7 Å². The quantitative estimate of drug-likeness (QED) is 0.760. The molecule has 1 aromatic carbocycles.